The molecule has 2 saturated heterocycles. The van der Waals surface area contributed by atoms with Gasteiger partial charge in [0.1, 0.15) is 43.4 Å². The summed E-state index contributed by atoms with van der Waals surface area (Å²) in [6.07, 6.45) is 2.21. The molecule has 3 heterocycles. The van der Waals surface area contributed by atoms with E-state index < -0.39 is 11.9 Å². The van der Waals surface area contributed by atoms with Crippen molar-refractivity contribution in [2.45, 2.75) is 18.4 Å². The number of para-hydroxylation sites is 1. The Balaban J connectivity index is 0.893. The first kappa shape index (κ1) is 32.7. The van der Waals surface area contributed by atoms with Crippen LogP contribution in [0.25, 0.3) is 0 Å². The van der Waals surface area contributed by atoms with Crippen molar-refractivity contribution in [3.05, 3.63) is 125 Å². The number of nitrogens with zero attached hydrogens (tertiary/aromatic N) is 5. The highest BCUT2D eigenvalue weighted by Crippen LogP contribution is 2.40. The van der Waals surface area contributed by atoms with Gasteiger partial charge in [-0.2, -0.15) is 5.10 Å². The molecule has 5 aromatic rings. The number of hydrogen-bond donors (Lipinski definition) is 1. The predicted octanol–water partition coefficient (Wildman–Crippen LogP) is 6.87. The van der Waals surface area contributed by atoms with Gasteiger partial charge in [0.25, 0.3) is 0 Å². The minimum absolute atomic E-state index is 0.265. The van der Waals surface area contributed by atoms with Gasteiger partial charge in [0.15, 0.2) is 0 Å². The highest BCUT2D eigenvalue weighted by Gasteiger charge is 2.45. The van der Waals surface area contributed by atoms with Crippen LogP contribution < -0.4 is 24.6 Å². The monoisotopic (exact) mass is 700 g/mol. The van der Waals surface area contributed by atoms with Gasteiger partial charge in [0, 0.05) is 53.8 Å². The smallest absolute Gasteiger partial charge is 0.417 e. The van der Waals surface area contributed by atoms with Gasteiger partial charge >= 0.3 is 6.09 Å². The molecule has 0 radical (unpaired) electrons. The molecule has 0 bridgehead atoms. The minimum atomic E-state index is -1.16. The molecule has 2 fully saturated rings. The van der Waals surface area contributed by atoms with E-state index in [1.807, 2.05) is 60.7 Å². The lowest BCUT2D eigenvalue weighted by molar-refractivity contribution is -0.190. The number of amides is 1. The van der Waals surface area contributed by atoms with E-state index in [1.165, 1.54) is 6.33 Å². The van der Waals surface area contributed by atoms with Crippen LogP contribution in [0.3, 0.4) is 0 Å². The van der Waals surface area contributed by atoms with E-state index in [4.69, 9.17) is 42.1 Å². The summed E-state index contributed by atoms with van der Waals surface area (Å²) >= 11 is 12.7. The van der Waals surface area contributed by atoms with Gasteiger partial charge in [0.2, 0.25) is 5.79 Å². The van der Waals surface area contributed by atoms with Crippen LogP contribution in [0.15, 0.2) is 110 Å². The fraction of sp³-hybridized carbons (Fsp3) is 0.250. The maximum absolute atomic E-state index is 12.2. The molecule has 49 heavy (non-hydrogen) atoms. The second-order valence-electron chi connectivity index (χ2n) is 11.7. The Labute approximate surface area is 293 Å². The maximum atomic E-state index is 12.2. The Morgan fingerprint density at radius 3 is 2.22 bits per heavy atom. The summed E-state index contributed by atoms with van der Waals surface area (Å²) in [6, 6.07) is 30.1. The van der Waals surface area contributed by atoms with Crippen molar-refractivity contribution in [3.8, 4) is 11.5 Å². The van der Waals surface area contributed by atoms with Gasteiger partial charge in [-0.25, -0.2) is 14.5 Å². The molecule has 0 unspecified atom stereocenters. The third-order valence-corrected chi connectivity index (χ3v) is 8.94. The zero-order chi connectivity index (χ0) is 33.6. The summed E-state index contributed by atoms with van der Waals surface area (Å²) in [5.74, 6) is 0.0742. The largest absolute Gasteiger partial charge is 0.491 e. The fourth-order valence-corrected chi connectivity index (χ4v) is 6.49. The number of anilines is 3. The minimum Gasteiger partial charge on any atom is -0.491 e. The Bertz CT molecular complexity index is 1840. The number of carbonyl (C=O) groups is 1. The molecule has 1 aromatic heterocycles. The van der Waals surface area contributed by atoms with Crippen molar-refractivity contribution in [2.75, 3.05) is 54.5 Å². The average molecular weight is 702 g/mol. The van der Waals surface area contributed by atoms with E-state index in [2.05, 4.69) is 37.3 Å². The molecule has 1 N–H and O–H groups in total. The zero-order valence-corrected chi connectivity index (χ0v) is 28.0. The summed E-state index contributed by atoms with van der Waals surface area (Å²) in [5, 5.41) is 7.97. The zero-order valence-electron chi connectivity index (χ0n) is 26.5. The number of benzene rings is 4. The molecule has 1 amide bonds. The first-order valence-corrected chi connectivity index (χ1v) is 16.6. The van der Waals surface area contributed by atoms with Crippen LogP contribution in [0.5, 0.6) is 11.5 Å². The molecular formula is C36H34Cl2N6O5. The highest BCUT2D eigenvalue weighted by atomic mass is 35.5. The van der Waals surface area contributed by atoms with Crippen molar-refractivity contribution < 1.29 is 23.7 Å². The van der Waals surface area contributed by atoms with Crippen molar-refractivity contribution >= 4 is 46.4 Å². The first-order chi connectivity index (χ1) is 23.9. The number of carbonyl (C=O) groups excluding carboxylic acids is 1. The van der Waals surface area contributed by atoms with E-state index in [-0.39, 0.29) is 12.6 Å². The van der Waals surface area contributed by atoms with E-state index in [0.29, 0.717) is 40.3 Å². The third-order valence-electron chi connectivity index (χ3n) is 8.39. The molecule has 0 aliphatic carbocycles. The summed E-state index contributed by atoms with van der Waals surface area (Å²) in [6.45, 7) is 4.36. The molecule has 0 spiro atoms. The predicted molar refractivity (Wildman–Crippen MR) is 188 cm³/mol. The fourth-order valence-electron chi connectivity index (χ4n) is 5.94. The van der Waals surface area contributed by atoms with Crippen LogP contribution in [-0.2, 0) is 21.8 Å². The lowest BCUT2D eigenvalue weighted by Gasteiger charge is -2.37. The normalized spacial score (nSPS) is 19.1. The second kappa shape index (κ2) is 14.8. The van der Waals surface area contributed by atoms with Crippen molar-refractivity contribution in [3.63, 3.8) is 0 Å². The lowest BCUT2D eigenvalue weighted by Crippen LogP contribution is -2.46. The summed E-state index contributed by atoms with van der Waals surface area (Å²) in [7, 11) is 0. The summed E-state index contributed by atoms with van der Waals surface area (Å²) in [5.41, 5.74) is 3.58. The summed E-state index contributed by atoms with van der Waals surface area (Å²) in [4.78, 5) is 21.0. The van der Waals surface area contributed by atoms with Crippen LogP contribution in [0.1, 0.15) is 5.56 Å². The Morgan fingerprint density at radius 1 is 0.878 bits per heavy atom. The molecule has 0 saturated carbocycles. The number of halogens is 2. The number of nitrogens with one attached hydrogen (secondary N) is 1. The van der Waals surface area contributed by atoms with E-state index in [9.17, 15) is 4.79 Å². The molecule has 252 valence electrons. The van der Waals surface area contributed by atoms with Gasteiger partial charge in [-0.15, -0.1) is 0 Å². The summed E-state index contributed by atoms with van der Waals surface area (Å²) < 4.78 is 25.8. The van der Waals surface area contributed by atoms with Crippen LogP contribution in [0.4, 0.5) is 21.9 Å². The number of hydrogen-bond acceptors (Lipinski definition) is 9. The molecule has 2 aliphatic heterocycles. The SMILES string of the molecule is O=C(Nc1ccc(N2CCN(c3ccc(OC[C@@H]4CO[C@@](Cn5cncn5)(c5ccc(Cl)cc5Cl)O4)cc3)CC2)cc1)Oc1ccccc1. The number of rotatable bonds is 10. The lowest BCUT2D eigenvalue weighted by atomic mass is 10.1. The second-order valence-corrected chi connectivity index (χ2v) is 12.5. The third kappa shape index (κ3) is 7.92. The molecule has 4 aromatic carbocycles. The van der Waals surface area contributed by atoms with Crippen LogP contribution in [0.2, 0.25) is 10.0 Å². The molecule has 2 aliphatic rings. The highest BCUT2D eigenvalue weighted by molar-refractivity contribution is 6.35. The van der Waals surface area contributed by atoms with Crippen molar-refractivity contribution in [2.24, 2.45) is 0 Å². The number of aromatic nitrogens is 3. The molecule has 7 rings (SSSR count). The number of piperazine rings is 1. The van der Waals surface area contributed by atoms with Crippen LogP contribution in [-0.4, -0.2) is 66.4 Å². The van der Waals surface area contributed by atoms with E-state index in [0.717, 1.165) is 43.3 Å². The molecular weight excluding hydrogens is 667 g/mol. The van der Waals surface area contributed by atoms with Gasteiger partial charge in [0.05, 0.1) is 11.6 Å². The van der Waals surface area contributed by atoms with Crippen LogP contribution >= 0.6 is 23.2 Å². The Hall–Kier alpha value is -4.81. The molecule has 11 nitrogen and oxygen atoms in total. The first-order valence-electron chi connectivity index (χ1n) is 15.9. The van der Waals surface area contributed by atoms with E-state index in [1.54, 1.807) is 35.3 Å². The van der Waals surface area contributed by atoms with Gasteiger partial charge < -0.3 is 28.7 Å². The molecule has 2 atom stereocenters. The van der Waals surface area contributed by atoms with Gasteiger partial charge in [-0.3, -0.25) is 5.32 Å². The number of ether oxygens (including phenoxy) is 4. The Morgan fingerprint density at radius 2 is 1.57 bits per heavy atom. The maximum Gasteiger partial charge on any atom is 0.417 e. The van der Waals surface area contributed by atoms with E-state index >= 15 is 0 Å². The van der Waals surface area contributed by atoms with Crippen LogP contribution in [0, 0.1) is 0 Å². The van der Waals surface area contributed by atoms with Crippen molar-refractivity contribution in [1.29, 1.82) is 0 Å². The quantitative estimate of drug-likeness (QED) is 0.167. The van der Waals surface area contributed by atoms with Gasteiger partial charge in [-0.1, -0.05) is 47.5 Å². The Kier molecular flexibility index (Phi) is 9.85. The van der Waals surface area contributed by atoms with Crippen molar-refractivity contribution in [1.82, 2.24) is 14.8 Å². The standard InChI is InChI=1S/C36H34Cl2N6O5/c37-26-6-15-33(34(38)20-26)36(23-44-25-39-24-40-44)47-22-32(49-36)21-46-30-13-11-29(12-14-30)43-18-16-42(17-19-43)28-9-7-27(8-10-28)41-35(45)48-31-4-2-1-3-5-31/h1-15,20,24-25,32H,16-19,21-23H2,(H,41,45)/t32-,36-/m1/s1. The van der Waals surface area contributed by atoms with Gasteiger partial charge in [-0.05, 0) is 72.8 Å². The average Bonchev–Trinajstić information content (AvgIpc) is 3.79. The topological polar surface area (TPSA) is 103 Å². The molecule has 13 heteroatoms.